The molecule has 0 spiro atoms. The van der Waals surface area contributed by atoms with Gasteiger partial charge in [-0.15, -0.1) is 0 Å². The summed E-state index contributed by atoms with van der Waals surface area (Å²) in [5.74, 6) is 0.515. The highest BCUT2D eigenvalue weighted by atomic mass is 79.9. The molecule has 0 unspecified atom stereocenters. The molecule has 0 aliphatic heterocycles. The molecular weight excluding hydrogens is 330 g/mol. The van der Waals surface area contributed by atoms with Gasteiger partial charge >= 0.3 is 0 Å². The fourth-order valence-electron chi connectivity index (χ4n) is 1.90. The third kappa shape index (κ3) is 4.33. The number of hydrogen-bond donors (Lipinski definition) is 1. The molecule has 0 heterocycles. The summed E-state index contributed by atoms with van der Waals surface area (Å²) in [4.78, 5) is 12.2. The lowest BCUT2D eigenvalue weighted by molar-refractivity contribution is -0.122. The third-order valence-corrected chi connectivity index (χ3v) is 3.71. The molecule has 0 bridgehead atoms. The van der Waals surface area contributed by atoms with Gasteiger partial charge in [-0.3, -0.25) is 4.79 Å². The van der Waals surface area contributed by atoms with Gasteiger partial charge in [0.15, 0.2) is 6.10 Å². The van der Waals surface area contributed by atoms with Crippen LogP contribution in [0.25, 0.3) is 0 Å². The molecule has 0 aromatic heterocycles. The number of amides is 1. The van der Waals surface area contributed by atoms with E-state index >= 15 is 0 Å². The van der Waals surface area contributed by atoms with Crippen molar-refractivity contribution in [2.75, 3.05) is 5.32 Å². The molecule has 0 aliphatic carbocycles. The SMILES string of the molecule is Cc1cccc(O[C@H](C)C(=O)Nc2ccc(C)cc2Br)c1. The number of carbonyl (C=O) groups is 1. The normalized spacial score (nSPS) is 11.8. The fraction of sp³-hybridized carbons (Fsp3) is 0.235. The molecule has 2 aromatic carbocycles. The van der Waals surface area contributed by atoms with Crippen LogP contribution in [-0.2, 0) is 4.79 Å². The number of rotatable bonds is 4. The minimum atomic E-state index is -0.569. The Hall–Kier alpha value is -1.81. The van der Waals surface area contributed by atoms with Crippen LogP contribution in [0.2, 0.25) is 0 Å². The minimum absolute atomic E-state index is 0.180. The Kier molecular flexibility index (Phi) is 5.02. The summed E-state index contributed by atoms with van der Waals surface area (Å²) < 4.78 is 6.53. The van der Waals surface area contributed by atoms with Gasteiger partial charge in [0.1, 0.15) is 5.75 Å². The molecule has 4 heteroatoms. The lowest BCUT2D eigenvalue weighted by atomic mass is 10.2. The van der Waals surface area contributed by atoms with Crippen LogP contribution in [-0.4, -0.2) is 12.0 Å². The van der Waals surface area contributed by atoms with E-state index in [4.69, 9.17) is 4.74 Å². The highest BCUT2D eigenvalue weighted by Gasteiger charge is 2.16. The number of aryl methyl sites for hydroxylation is 2. The molecule has 110 valence electrons. The van der Waals surface area contributed by atoms with Crippen molar-refractivity contribution in [3.05, 3.63) is 58.1 Å². The monoisotopic (exact) mass is 347 g/mol. The van der Waals surface area contributed by atoms with E-state index in [2.05, 4.69) is 21.2 Å². The average molecular weight is 348 g/mol. The molecule has 2 rings (SSSR count). The largest absolute Gasteiger partial charge is 0.481 e. The second-order valence-electron chi connectivity index (χ2n) is 5.05. The van der Waals surface area contributed by atoms with E-state index in [1.807, 2.05) is 56.3 Å². The predicted octanol–water partition coefficient (Wildman–Crippen LogP) is 4.47. The maximum Gasteiger partial charge on any atom is 0.265 e. The van der Waals surface area contributed by atoms with Gasteiger partial charge in [-0.25, -0.2) is 0 Å². The summed E-state index contributed by atoms with van der Waals surface area (Å²) in [6.45, 7) is 5.72. The van der Waals surface area contributed by atoms with Crippen molar-refractivity contribution in [1.82, 2.24) is 0 Å². The van der Waals surface area contributed by atoms with Crippen molar-refractivity contribution in [3.8, 4) is 5.75 Å². The molecule has 0 saturated carbocycles. The van der Waals surface area contributed by atoms with E-state index in [1.54, 1.807) is 6.92 Å². The Morgan fingerprint density at radius 3 is 2.52 bits per heavy atom. The molecular formula is C17H18BrNO2. The zero-order valence-corrected chi connectivity index (χ0v) is 13.9. The van der Waals surface area contributed by atoms with E-state index in [-0.39, 0.29) is 5.91 Å². The van der Waals surface area contributed by atoms with Crippen molar-refractivity contribution in [2.24, 2.45) is 0 Å². The fourth-order valence-corrected chi connectivity index (χ4v) is 2.49. The van der Waals surface area contributed by atoms with Crippen LogP contribution in [0, 0.1) is 13.8 Å². The molecule has 0 aliphatic rings. The van der Waals surface area contributed by atoms with Crippen molar-refractivity contribution < 1.29 is 9.53 Å². The Bertz CT molecular complexity index is 655. The Balaban J connectivity index is 2.02. The molecule has 0 saturated heterocycles. The van der Waals surface area contributed by atoms with Crippen molar-refractivity contribution in [3.63, 3.8) is 0 Å². The van der Waals surface area contributed by atoms with Gasteiger partial charge in [-0.05, 0) is 72.1 Å². The highest BCUT2D eigenvalue weighted by Crippen LogP contribution is 2.24. The van der Waals surface area contributed by atoms with Gasteiger partial charge in [0.25, 0.3) is 5.91 Å². The number of hydrogen-bond acceptors (Lipinski definition) is 2. The third-order valence-electron chi connectivity index (χ3n) is 3.05. The molecule has 0 fully saturated rings. The molecule has 21 heavy (non-hydrogen) atoms. The summed E-state index contributed by atoms with van der Waals surface area (Å²) in [6, 6.07) is 13.4. The quantitative estimate of drug-likeness (QED) is 0.885. The predicted molar refractivity (Wildman–Crippen MR) is 88.8 cm³/mol. The molecule has 3 nitrogen and oxygen atoms in total. The van der Waals surface area contributed by atoms with E-state index in [9.17, 15) is 4.79 Å². The van der Waals surface area contributed by atoms with Crippen molar-refractivity contribution in [2.45, 2.75) is 26.9 Å². The highest BCUT2D eigenvalue weighted by molar-refractivity contribution is 9.10. The molecule has 0 radical (unpaired) electrons. The lowest BCUT2D eigenvalue weighted by Crippen LogP contribution is -2.30. The maximum absolute atomic E-state index is 12.2. The maximum atomic E-state index is 12.2. The summed E-state index contributed by atoms with van der Waals surface area (Å²) in [5.41, 5.74) is 2.97. The van der Waals surface area contributed by atoms with Crippen LogP contribution >= 0.6 is 15.9 Å². The first-order chi connectivity index (χ1) is 9.95. The summed E-state index contributed by atoms with van der Waals surface area (Å²) in [6.07, 6.45) is -0.569. The van der Waals surface area contributed by atoms with Crippen molar-refractivity contribution in [1.29, 1.82) is 0 Å². The molecule has 1 atom stereocenters. The second-order valence-corrected chi connectivity index (χ2v) is 5.90. The van der Waals surface area contributed by atoms with Crippen LogP contribution in [0.1, 0.15) is 18.1 Å². The van der Waals surface area contributed by atoms with Gasteiger partial charge in [0.05, 0.1) is 5.69 Å². The zero-order chi connectivity index (χ0) is 15.4. The van der Waals surface area contributed by atoms with E-state index in [0.29, 0.717) is 5.75 Å². The average Bonchev–Trinajstić information content (AvgIpc) is 2.41. The Morgan fingerprint density at radius 1 is 1.14 bits per heavy atom. The van der Waals surface area contributed by atoms with Gasteiger partial charge < -0.3 is 10.1 Å². The topological polar surface area (TPSA) is 38.3 Å². The first-order valence-electron chi connectivity index (χ1n) is 6.76. The van der Waals surface area contributed by atoms with Crippen LogP contribution in [0.4, 0.5) is 5.69 Å². The first-order valence-corrected chi connectivity index (χ1v) is 7.55. The molecule has 2 aromatic rings. The minimum Gasteiger partial charge on any atom is -0.481 e. The second kappa shape index (κ2) is 6.76. The van der Waals surface area contributed by atoms with Crippen LogP contribution < -0.4 is 10.1 Å². The lowest BCUT2D eigenvalue weighted by Gasteiger charge is -2.16. The molecule has 1 N–H and O–H groups in total. The Morgan fingerprint density at radius 2 is 1.86 bits per heavy atom. The zero-order valence-electron chi connectivity index (χ0n) is 12.3. The van der Waals surface area contributed by atoms with Crippen LogP contribution in [0.3, 0.4) is 0 Å². The van der Waals surface area contributed by atoms with Gasteiger partial charge in [0.2, 0.25) is 0 Å². The Labute approximate surface area is 133 Å². The summed E-state index contributed by atoms with van der Waals surface area (Å²) in [5, 5.41) is 2.86. The van der Waals surface area contributed by atoms with E-state index < -0.39 is 6.10 Å². The smallest absolute Gasteiger partial charge is 0.265 e. The van der Waals surface area contributed by atoms with Gasteiger partial charge in [0, 0.05) is 4.47 Å². The van der Waals surface area contributed by atoms with Crippen LogP contribution in [0.5, 0.6) is 5.75 Å². The summed E-state index contributed by atoms with van der Waals surface area (Å²) >= 11 is 3.45. The number of carbonyl (C=O) groups excluding carboxylic acids is 1. The van der Waals surface area contributed by atoms with Crippen LogP contribution in [0.15, 0.2) is 46.9 Å². The molecule has 1 amide bonds. The standard InChI is InChI=1S/C17H18BrNO2/c1-11-5-4-6-14(9-11)21-13(3)17(20)19-16-8-7-12(2)10-15(16)18/h4-10,13H,1-3H3,(H,19,20)/t13-/m1/s1. The number of nitrogens with one attached hydrogen (secondary N) is 1. The van der Waals surface area contributed by atoms with Gasteiger partial charge in [-0.1, -0.05) is 18.2 Å². The first kappa shape index (κ1) is 15.6. The number of benzene rings is 2. The number of ether oxygens (including phenoxy) is 1. The van der Waals surface area contributed by atoms with Crippen molar-refractivity contribution >= 4 is 27.5 Å². The van der Waals surface area contributed by atoms with E-state index in [1.165, 1.54) is 0 Å². The number of halogens is 1. The van der Waals surface area contributed by atoms with E-state index in [0.717, 1.165) is 21.3 Å². The summed E-state index contributed by atoms with van der Waals surface area (Å²) in [7, 11) is 0. The number of anilines is 1. The van der Waals surface area contributed by atoms with Gasteiger partial charge in [-0.2, -0.15) is 0 Å².